The van der Waals surface area contributed by atoms with Crippen molar-refractivity contribution in [3.05, 3.63) is 0 Å². The first-order valence-corrected chi connectivity index (χ1v) is 4.23. The molecule has 2 N–H and O–H groups in total. The zero-order chi connectivity index (χ0) is 11.0. The van der Waals surface area contributed by atoms with Crippen LogP contribution in [0.25, 0.3) is 0 Å². The summed E-state index contributed by atoms with van der Waals surface area (Å²) in [7, 11) is 1.21. The standard InChI is InChI=1S/C8H15NO5/c1-3-14-7(11)4-9-6(5-10)8(12)13-2/h6,9-10H,3-5H2,1-2H3/t6-/m1/s1. The quantitative estimate of drug-likeness (QED) is 0.523. The summed E-state index contributed by atoms with van der Waals surface area (Å²) in [5.74, 6) is -1.09. The molecule has 0 radical (unpaired) electrons. The van der Waals surface area contributed by atoms with Gasteiger partial charge in [-0.05, 0) is 6.92 Å². The fourth-order valence-corrected chi connectivity index (χ4v) is 0.783. The van der Waals surface area contributed by atoms with Crippen LogP contribution in [-0.4, -0.2) is 50.0 Å². The highest BCUT2D eigenvalue weighted by atomic mass is 16.5. The van der Waals surface area contributed by atoms with Gasteiger partial charge in [-0.25, -0.2) is 0 Å². The topological polar surface area (TPSA) is 84.9 Å². The summed E-state index contributed by atoms with van der Waals surface area (Å²) in [6.45, 7) is 1.41. The molecule has 0 aromatic heterocycles. The van der Waals surface area contributed by atoms with Crippen molar-refractivity contribution in [3.8, 4) is 0 Å². The predicted octanol–water partition coefficient (Wildman–Crippen LogP) is -1.33. The summed E-state index contributed by atoms with van der Waals surface area (Å²) < 4.78 is 9.00. The van der Waals surface area contributed by atoms with E-state index in [4.69, 9.17) is 5.11 Å². The molecule has 82 valence electrons. The van der Waals surface area contributed by atoms with E-state index < -0.39 is 24.6 Å². The highest BCUT2D eigenvalue weighted by Gasteiger charge is 2.18. The molecular formula is C8H15NO5. The van der Waals surface area contributed by atoms with Gasteiger partial charge >= 0.3 is 11.9 Å². The first-order chi connectivity index (χ1) is 6.65. The largest absolute Gasteiger partial charge is 0.468 e. The predicted molar refractivity (Wildman–Crippen MR) is 47.5 cm³/mol. The van der Waals surface area contributed by atoms with Crippen molar-refractivity contribution in [1.82, 2.24) is 5.32 Å². The average Bonchev–Trinajstić information content (AvgIpc) is 2.18. The van der Waals surface area contributed by atoms with E-state index in [1.54, 1.807) is 6.92 Å². The Morgan fingerprint density at radius 2 is 2.14 bits per heavy atom. The van der Waals surface area contributed by atoms with Gasteiger partial charge in [0.25, 0.3) is 0 Å². The SMILES string of the molecule is CCOC(=O)CN[C@H](CO)C(=O)OC. The maximum absolute atomic E-state index is 10.9. The number of carbonyl (C=O) groups excluding carboxylic acids is 2. The highest BCUT2D eigenvalue weighted by Crippen LogP contribution is 1.86. The van der Waals surface area contributed by atoms with Crippen LogP contribution in [0, 0.1) is 0 Å². The molecule has 0 amide bonds. The zero-order valence-electron chi connectivity index (χ0n) is 8.28. The third-order valence-corrected chi connectivity index (χ3v) is 1.47. The van der Waals surface area contributed by atoms with E-state index in [-0.39, 0.29) is 13.2 Å². The van der Waals surface area contributed by atoms with Crippen LogP contribution in [0.5, 0.6) is 0 Å². The lowest BCUT2D eigenvalue weighted by atomic mass is 10.3. The first-order valence-electron chi connectivity index (χ1n) is 4.23. The van der Waals surface area contributed by atoms with Gasteiger partial charge in [-0.3, -0.25) is 14.9 Å². The van der Waals surface area contributed by atoms with Crippen molar-refractivity contribution in [2.45, 2.75) is 13.0 Å². The summed E-state index contributed by atoms with van der Waals surface area (Å²) in [5.41, 5.74) is 0. The lowest BCUT2D eigenvalue weighted by Crippen LogP contribution is -2.43. The van der Waals surface area contributed by atoms with Crippen LogP contribution in [0.3, 0.4) is 0 Å². The van der Waals surface area contributed by atoms with Crippen LogP contribution in [0.1, 0.15) is 6.92 Å². The van der Waals surface area contributed by atoms with E-state index in [1.165, 1.54) is 7.11 Å². The molecule has 0 aromatic rings. The normalized spacial score (nSPS) is 11.9. The van der Waals surface area contributed by atoms with Crippen molar-refractivity contribution in [2.24, 2.45) is 0 Å². The molecular weight excluding hydrogens is 190 g/mol. The third-order valence-electron chi connectivity index (χ3n) is 1.47. The Balaban J connectivity index is 3.83. The van der Waals surface area contributed by atoms with Gasteiger partial charge in [0.1, 0.15) is 6.04 Å². The van der Waals surface area contributed by atoms with E-state index in [9.17, 15) is 9.59 Å². The van der Waals surface area contributed by atoms with Crippen LogP contribution >= 0.6 is 0 Å². The number of nitrogens with one attached hydrogen (secondary N) is 1. The fourth-order valence-electron chi connectivity index (χ4n) is 0.783. The molecule has 0 saturated carbocycles. The molecule has 0 saturated heterocycles. The average molecular weight is 205 g/mol. The Bertz CT molecular complexity index is 194. The molecule has 0 rings (SSSR count). The van der Waals surface area contributed by atoms with Gasteiger partial charge in [0.15, 0.2) is 0 Å². The molecule has 0 fully saturated rings. The molecule has 0 bridgehead atoms. The monoisotopic (exact) mass is 205 g/mol. The minimum atomic E-state index is -0.885. The summed E-state index contributed by atoms with van der Waals surface area (Å²) in [4.78, 5) is 21.8. The number of carbonyl (C=O) groups is 2. The van der Waals surface area contributed by atoms with E-state index in [0.29, 0.717) is 0 Å². The van der Waals surface area contributed by atoms with Crippen molar-refractivity contribution in [3.63, 3.8) is 0 Å². The van der Waals surface area contributed by atoms with Crippen molar-refractivity contribution < 1.29 is 24.2 Å². The summed E-state index contributed by atoms with van der Waals surface area (Å²) in [5, 5.41) is 11.3. The minimum absolute atomic E-state index is 0.131. The van der Waals surface area contributed by atoms with Gasteiger partial charge in [0.2, 0.25) is 0 Å². The summed E-state index contributed by atoms with van der Waals surface area (Å²) >= 11 is 0. The van der Waals surface area contributed by atoms with Crippen molar-refractivity contribution in [2.75, 3.05) is 26.9 Å². The first kappa shape index (κ1) is 12.9. The number of hydrogen-bond acceptors (Lipinski definition) is 6. The van der Waals surface area contributed by atoms with Gasteiger partial charge < -0.3 is 14.6 Å². The lowest BCUT2D eigenvalue weighted by molar-refractivity contribution is -0.145. The number of methoxy groups -OCH3 is 1. The smallest absolute Gasteiger partial charge is 0.325 e. The molecule has 6 heteroatoms. The van der Waals surface area contributed by atoms with E-state index in [1.807, 2.05) is 0 Å². The molecule has 1 atom stereocenters. The van der Waals surface area contributed by atoms with Gasteiger partial charge in [-0.15, -0.1) is 0 Å². The fraction of sp³-hybridized carbons (Fsp3) is 0.750. The number of esters is 2. The molecule has 0 aliphatic heterocycles. The molecule has 0 aromatic carbocycles. The lowest BCUT2D eigenvalue weighted by Gasteiger charge is -2.12. The second-order valence-electron chi connectivity index (χ2n) is 2.44. The van der Waals surface area contributed by atoms with Gasteiger partial charge in [-0.1, -0.05) is 0 Å². The molecule has 0 aliphatic carbocycles. The Morgan fingerprint density at radius 3 is 2.57 bits per heavy atom. The number of ether oxygens (including phenoxy) is 2. The van der Waals surface area contributed by atoms with Crippen LogP contribution in [-0.2, 0) is 19.1 Å². The van der Waals surface area contributed by atoms with Crippen LogP contribution in [0.2, 0.25) is 0 Å². The Kier molecular flexibility index (Phi) is 6.69. The van der Waals surface area contributed by atoms with Crippen molar-refractivity contribution >= 4 is 11.9 Å². The third kappa shape index (κ3) is 4.78. The maximum Gasteiger partial charge on any atom is 0.325 e. The minimum Gasteiger partial charge on any atom is -0.468 e. The van der Waals surface area contributed by atoms with E-state index in [0.717, 1.165) is 0 Å². The number of aliphatic hydroxyl groups is 1. The Hall–Kier alpha value is -1.14. The number of rotatable bonds is 6. The van der Waals surface area contributed by atoms with Gasteiger partial charge in [0, 0.05) is 0 Å². The molecule has 6 nitrogen and oxygen atoms in total. The van der Waals surface area contributed by atoms with Crippen molar-refractivity contribution in [1.29, 1.82) is 0 Å². The Labute approximate surface area is 82.2 Å². The van der Waals surface area contributed by atoms with E-state index >= 15 is 0 Å². The van der Waals surface area contributed by atoms with E-state index in [2.05, 4.69) is 14.8 Å². The van der Waals surface area contributed by atoms with Gasteiger partial charge in [-0.2, -0.15) is 0 Å². The van der Waals surface area contributed by atoms with Crippen LogP contribution in [0.15, 0.2) is 0 Å². The van der Waals surface area contributed by atoms with Gasteiger partial charge in [0.05, 0.1) is 26.9 Å². The molecule has 14 heavy (non-hydrogen) atoms. The zero-order valence-corrected chi connectivity index (χ0v) is 8.28. The summed E-state index contributed by atoms with van der Waals surface area (Å²) in [6, 6.07) is -0.885. The number of aliphatic hydroxyl groups excluding tert-OH is 1. The second kappa shape index (κ2) is 7.28. The Morgan fingerprint density at radius 1 is 1.50 bits per heavy atom. The maximum atomic E-state index is 10.9. The highest BCUT2D eigenvalue weighted by molar-refractivity contribution is 5.77. The summed E-state index contributed by atoms with van der Waals surface area (Å²) in [6.07, 6.45) is 0. The molecule has 0 aliphatic rings. The molecule has 0 unspecified atom stereocenters. The molecule has 0 spiro atoms. The second-order valence-corrected chi connectivity index (χ2v) is 2.44. The number of hydrogen-bond donors (Lipinski definition) is 2. The van der Waals surface area contributed by atoms with Crippen LogP contribution < -0.4 is 5.32 Å². The molecule has 0 heterocycles. The van der Waals surface area contributed by atoms with Crippen LogP contribution in [0.4, 0.5) is 0 Å².